The van der Waals surface area contributed by atoms with Crippen LogP contribution >= 0.6 is 11.6 Å². The molecule has 132 valence electrons. The SMILES string of the molecule is O=C1CN(C(=O)c2cc(-c3ccco3)n(-c3ccc(Cl)cc3)n2)CCN1. The average Bonchev–Trinajstić information content (AvgIpc) is 3.31. The first kappa shape index (κ1) is 16.4. The number of halogens is 1. The van der Waals surface area contributed by atoms with Gasteiger partial charge in [-0.2, -0.15) is 5.10 Å². The van der Waals surface area contributed by atoms with E-state index in [0.29, 0.717) is 29.6 Å². The summed E-state index contributed by atoms with van der Waals surface area (Å²) >= 11 is 5.96. The fourth-order valence-corrected chi connectivity index (χ4v) is 2.96. The number of nitrogens with one attached hydrogen (secondary N) is 1. The van der Waals surface area contributed by atoms with E-state index in [9.17, 15) is 9.59 Å². The van der Waals surface area contributed by atoms with Crippen molar-refractivity contribution in [2.75, 3.05) is 19.6 Å². The van der Waals surface area contributed by atoms with Gasteiger partial charge in [-0.05, 0) is 36.4 Å². The largest absolute Gasteiger partial charge is 0.463 e. The molecule has 2 amide bonds. The third kappa shape index (κ3) is 3.09. The number of amides is 2. The second kappa shape index (κ2) is 6.68. The molecule has 0 atom stereocenters. The van der Waals surface area contributed by atoms with Gasteiger partial charge in [0.05, 0.1) is 18.5 Å². The molecular weight excluding hydrogens is 356 g/mol. The number of piperazine rings is 1. The second-order valence-electron chi connectivity index (χ2n) is 5.86. The summed E-state index contributed by atoms with van der Waals surface area (Å²) in [7, 11) is 0. The van der Waals surface area contributed by atoms with Crippen molar-refractivity contribution in [3.63, 3.8) is 0 Å². The van der Waals surface area contributed by atoms with Crippen molar-refractivity contribution >= 4 is 23.4 Å². The summed E-state index contributed by atoms with van der Waals surface area (Å²) in [6.07, 6.45) is 1.56. The molecule has 1 aliphatic heterocycles. The predicted octanol–water partition coefficient (Wildman–Crippen LogP) is 2.36. The van der Waals surface area contributed by atoms with Gasteiger partial charge < -0.3 is 14.6 Å². The Labute approximate surface area is 154 Å². The molecule has 3 heterocycles. The lowest BCUT2D eigenvalue weighted by atomic mass is 10.2. The number of carbonyl (C=O) groups excluding carboxylic acids is 2. The monoisotopic (exact) mass is 370 g/mol. The number of benzene rings is 1. The van der Waals surface area contributed by atoms with Crippen LogP contribution < -0.4 is 5.32 Å². The van der Waals surface area contributed by atoms with E-state index in [1.807, 2.05) is 12.1 Å². The van der Waals surface area contributed by atoms with Crippen LogP contribution in [0, 0.1) is 0 Å². The second-order valence-corrected chi connectivity index (χ2v) is 6.29. The molecule has 1 N–H and O–H groups in total. The van der Waals surface area contributed by atoms with Crippen LogP contribution in [-0.2, 0) is 4.79 Å². The van der Waals surface area contributed by atoms with Crippen molar-refractivity contribution in [1.82, 2.24) is 20.0 Å². The van der Waals surface area contributed by atoms with Gasteiger partial charge in [0.15, 0.2) is 11.5 Å². The van der Waals surface area contributed by atoms with Crippen LogP contribution in [0.4, 0.5) is 0 Å². The quantitative estimate of drug-likeness (QED) is 0.767. The molecule has 0 saturated carbocycles. The Bertz CT molecular complexity index is 947. The minimum atomic E-state index is -0.291. The molecule has 1 aliphatic rings. The topological polar surface area (TPSA) is 80.4 Å². The highest BCUT2D eigenvalue weighted by atomic mass is 35.5. The van der Waals surface area contributed by atoms with Crippen LogP contribution in [0.2, 0.25) is 5.02 Å². The summed E-state index contributed by atoms with van der Waals surface area (Å²) in [5.74, 6) is 0.122. The van der Waals surface area contributed by atoms with Gasteiger partial charge in [-0.1, -0.05) is 11.6 Å². The van der Waals surface area contributed by atoms with Crippen LogP contribution in [0.25, 0.3) is 17.1 Å². The smallest absolute Gasteiger partial charge is 0.274 e. The van der Waals surface area contributed by atoms with E-state index in [2.05, 4.69) is 10.4 Å². The number of aromatic nitrogens is 2. The van der Waals surface area contributed by atoms with Crippen molar-refractivity contribution in [3.8, 4) is 17.1 Å². The Morgan fingerprint density at radius 1 is 1.23 bits per heavy atom. The average molecular weight is 371 g/mol. The van der Waals surface area contributed by atoms with E-state index in [-0.39, 0.29) is 24.1 Å². The fourth-order valence-electron chi connectivity index (χ4n) is 2.84. The first-order chi connectivity index (χ1) is 12.6. The molecular formula is C18H15ClN4O3. The molecule has 0 bridgehead atoms. The molecule has 1 saturated heterocycles. The van der Waals surface area contributed by atoms with Crippen LogP contribution in [-0.4, -0.2) is 46.1 Å². The zero-order valence-electron chi connectivity index (χ0n) is 13.7. The molecule has 8 heteroatoms. The lowest BCUT2D eigenvalue weighted by Crippen LogP contribution is -2.50. The number of rotatable bonds is 3. The van der Waals surface area contributed by atoms with Crippen LogP contribution in [0.15, 0.2) is 53.1 Å². The molecule has 1 aromatic carbocycles. The molecule has 0 unspecified atom stereocenters. The van der Waals surface area contributed by atoms with E-state index in [4.69, 9.17) is 16.0 Å². The molecule has 4 rings (SSSR count). The number of carbonyl (C=O) groups is 2. The normalized spacial score (nSPS) is 14.3. The molecule has 2 aromatic heterocycles. The van der Waals surface area contributed by atoms with Gasteiger partial charge in [0.2, 0.25) is 5.91 Å². The lowest BCUT2D eigenvalue weighted by molar-refractivity contribution is -0.123. The summed E-state index contributed by atoms with van der Waals surface area (Å²) in [6, 6.07) is 12.4. The number of hydrogen-bond donors (Lipinski definition) is 1. The standard InChI is InChI=1S/C18H15ClN4O3/c19-12-3-5-13(6-4-12)23-15(16-2-1-9-26-16)10-14(21-23)18(25)22-8-7-20-17(24)11-22/h1-6,9-10H,7-8,11H2,(H,20,24). The minimum absolute atomic E-state index is 0.0305. The summed E-state index contributed by atoms with van der Waals surface area (Å²) in [4.78, 5) is 25.8. The van der Waals surface area contributed by atoms with Gasteiger partial charge in [-0.25, -0.2) is 4.68 Å². The van der Waals surface area contributed by atoms with Gasteiger partial charge in [0.1, 0.15) is 5.69 Å². The maximum atomic E-state index is 12.8. The molecule has 0 spiro atoms. The van der Waals surface area contributed by atoms with Crippen molar-refractivity contribution in [2.45, 2.75) is 0 Å². The summed E-state index contributed by atoms with van der Waals surface area (Å²) < 4.78 is 7.12. The molecule has 0 radical (unpaired) electrons. The number of hydrogen-bond acceptors (Lipinski definition) is 4. The van der Waals surface area contributed by atoms with Crippen LogP contribution in [0.3, 0.4) is 0 Å². The highest BCUT2D eigenvalue weighted by Crippen LogP contribution is 2.26. The Hall–Kier alpha value is -3.06. The van der Waals surface area contributed by atoms with Crippen molar-refractivity contribution in [2.24, 2.45) is 0 Å². The van der Waals surface area contributed by atoms with Gasteiger partial charge in [-0.3, -0.25) is 9.59 Å². The van der Waals surface area contributed by atoms with Gasteiger partial charge >= 0.3 is 0 Å². The molecule has 26 heavy (non-hydrogen) atoms. The summed E-state index contributed by atoms with van der Waals surface area (Å²) in [6.45, 7) is 0.921. The van der Waals surface area contributed by atoms with Crippen LogP contribution in [0.5, 0.6) is 0 Å². The van der Waals surface area contributed by atoms with Crippen molar-refractivity contribution in [1.29, 1.82) is 0 Å². The Morgan fingerprint density at radius 2 is 2.04 bits per heavy atom. The minimum Gasteiger partial charge on any atom is -0.463 e. The van der Waals surface area contributed by atoms with Gasteiger partial charge in [-0.15, -0.1) is 0 Å². The maximum absolute atomic E-state index is 12.8. The summed E-state index contributed by atoms with van der Waals surface area (Å²) in [5.41, 5.74) is 1.64. The highest BCUT2D eigenvalue weighted by molar-refractivity contribution is 6.30. The van der Waals surface area contributed by atoms with Gasteiger partial charge in [0.25, 0.3) is 5.91 Å². The van der Waals surface area contributed by atoms with Crippen LogP contribution in [0.1, 0.15) is 10.5 Å². The fraction of sp³-hybridized carbons (Fsp3) is 0.167. The maximum Gasteiger partial charge on any atom is 0.274 e. The highest BCUT2D eigenvalue weighted by Gasteiger charge is 2.26. The van der Waals surface area contributed by atoms with Crippen molar-refractivity contribution in [3.05, 3.63) is 59.4 Å². The van der Waals surface area contributed by atoms with E-state index in [1.54, 1.807) is 41.3 Å². The van der Waals surface area contributed by atoms with E-state index in [0.717, 1.165) is 5.69 Å². The first-order valence-corrected chi connectivity index (χ1v) is 8.45. The first-order valence-electron chi connectivity index (χ1n) is 8.08. The van der Waals surface area contributed by atoms with E-state index >= 15 is 0 Å². The zero-order valence-corrected chi connectivity index (χ0v) is 14.4. The molecule has 7 nitrogen and oxygen atoms in total. The molecule has 0 aliphatic carbocycles. The Balaban J connectivity index is 1.75. The lowest BCUT2D eigenvalue weighted by Gasteiger charge is -2.25. The molecule has 1 fully saturated rings. The Morgan fingerprint density at radius 3 is 2.73 bits per heavy atom. The molecule has 3 aromatic rings. The zero-order chi connectivity index (χ0) is 18.1. The van der Waals surface area contributed by atoms with E-state index in [1.165, 1.54) is 4.90 Å². The van der Waals surface area contributed by atoms with Gasteiger partial charge in [0, 0.05) is 24.2 Å². The Kier molecular flexibility index (Phi) is 4.22. The third-order valence-corrected chi connectivity index (χ3v) is 4.35. The predicted molar refractivity (Wildman–Crippen MR) is 95.2 cm³/mol. The van der Waals surface area contributed by atoms with E-state index < -0.39 is 0 Å². The number of furan rings is 1. The summed E-state index contributed by atoms with van der Waals surface area (Å²) in [5, 5.41) is 7.77. The van der Waals surface area contributed by atoms with Crippen molar-refractivity contribution < 1.29 is 14.0 Å². The third-order valence-electron chi connectivity index (χ3n) is 4.10. The number of nitrogens with zero attached hydrogens (tertiary/aromatic N) is 3.